The largest absolute Gasteiger partial charge is 0.459 e. The smallest absolute Gasteiger partial charge is 0.326 e. The van der Waals surface area contributed by atoms with Crippen LogP contribution in [0.3, 0.4) is 0 Å². The van der Waals surface area contributed by atoms with E-state index in [2.05, 4.69) is 15.9 Å². The number of carbonyl (C=O) groups excluding carboxylic acids is 3. The van der Waals surface area contributed by atoms with E-state index in [1.165, 1.54) is 0 Å². The van der Waals surface area contributed by atoms with Gasteiger partial charge in [0.05, 0.1) is 11.8 Å². The summed E-state index contributed by atoms with van der Waals surface area (Å²) in [5.74, 6) is -1.71. The molecule has 1 saturated heterocycles. The highest BCUT2D eigenvalue weighted by Gasteiger charge is 2.47. The number of nitrogens with zero attached hydrogens (tertiary/aromatic N) is 1. The second-order valence-electron chi connectivity index (χ2n) is 5.71. The Morgan fingerprint density at radius 3 is 2.22 bits per heavy atom. The number of fused-ring (bicyclic) bond motifs is 1. The number of hydrogen-bond donors (Lipinski definition) is 0. The molecule has 6 heteroatoms. The molecule has 1 aromatic rings. The molecule has 1 fully saturated rings. The van der Waals surface area contributed by atoms with Crippen LogP contribution < -0.4 is 0 Å². The molecule has 23 heavy (non-hydrogen) atoms. The number of ether oxygens (including phenoxy) is 1. The molecule has 0 saturated carbocycles. The monoisotopic (exact) mass is 377 g/mol. The van der Waals surface area contributed by atoms with Crippen molar-refractivity contribution in [2.45, 2.75) is 19.4 Å². The van der Waals surface area contributed by atoms with E-state index >= 15 is 0 Å². The lowest BCUT2D eigenvalue weighted by Crippen LogP contribution is -2.36. The molecule has 2 atom stereocenters. The lowest BCUT2D eigenvalue weighted by atomic mass is 9.85. The van der Waals surface area contributed by atoms with Crippen LogP contribution in [0.5, 0.6) is 0 Å². The van der Waals surface area contributed by atoms with Crippen LogP contribution in [-0.2, 0) is 25.7 Å². The molecule has 120 valence electrons. The summed E-state index contributed by atoms with van der Waals surface area (Å²) in [6.07, 6.45) is 4.97. The maximum Gasteiger partial charge on any atom is 0.326 e. The zero-order valence-corrected chi connectivity index (χ0v) is 14.0. The fourth-order valence-electron chi connectivity index (χ4n) is 2.94. The van der Waals surface area contributed by atoms with Gasteiger partial charge in [-0.25, -0.2) is 0 Å². The number of carbonyl (C=O) groups is 3. The number of benzene rings is 1. The Bertz CT molecular complexity index is 642. The first kappa shape index (κ1) is 15.9. The van der Waals surface area contributed by atoms with Gasteiger partial charge in [0, 0.05) is 4.47 Å². The molecule has 0 spiro atoms. The van der Waals surface area contributed by atoms with E-state index in [0.717, 1.165) is 14.9 Å². The predicted octanol–water partition coefficient (Wildman–Crippen LogP) is 2.44. The van der Waals surface area contributed by atoms with Crippen molar-refractivity contribution in [2.75, 3.05) is 6.54 Å². The number of amides is 2. The van der Waals surface area contributed by atoms with Crippen LogP contribution in [0, 0.1) is 11.8 Å². The van der Waals surface area contributed by atoms with Crippen molar-refractivity contribution in [3.05, 3.63) is 46.5 Å². The molecule has 2 amide bonds. The van der Waals surface area contributed by atoms with Crippen LogP contribution >= 0.6 is 15.9 Å². The molecular formula is C17H16BrNO4. The third-order valence-electron chi connectivity index (χ3n) is 4.20. The van der Waals surface area contributed by atoms with Crippen LogP contribution in [0.4, 0.5) is 0 Å². The minimum Gasteiger partial charge on any atom is -0.459 e. The summed E-state index contributed by atoms with van der Waals surface area (Å²) >= 11 is 3.33. The summed E-state index contributed by atoms with van der Waals surface area (Å²) in [5.41, 5.74) is 0.846. The maximum absolute atomic E-state index is 12.3. The standard InChI is InChI=1S/C17H16BrNO4/c18-12-7-5-11(6-8-12)10-23-15(20)9-19-16(21)13-3-1-2-4-14(13)17(19)22/h1-2,5-8,13-14H,3-4,9-10H2/t13-,14-/m0/s1. The first-order chi connectivity index (χ1) is 11.1. The molecule has 1 aliphatic heterocycles. The van der Waals surface area contributed by atoms with Crippen molar-refractivity contribution in [3.63, 3.8) is 0 Å². The second kappa shape index (κ2) is 6.66. The number of esters is 1. The molecule has 1 aromatic carbocycles. The summed E-state index contributed by atoms with van der Waals surface area (Å²) in [4.78, 5) is 37.5. The highest BCUT2D eigenvalue weighted by atomic mass is 79.9. The Labute approximate surface area is 142 Å². The molecule has 0 aromatic heterocycles. The zero-order chi connectivity index (χ0) is 16.4. The Kier molecular flexibility index (Phi) is 4.61. The number of halogens is 1. The van der Waals surface area contributed by atoms with Gasteiger partial charge in [-0.2, -0.15) is 0 Å². The molecule has 0 radical (unpaired) electrons. The van der Waals surface area contributed by atoms with Crippen LogP contribution in [-0.4, -0.2) is 29.2 Å². The Balaban J connectivity index is 1.56. The van der Waals surface area contributed by atoms with Gasteiger partial charge >= 0.3 is 5.97 Å². The topological polar surface area (TPSA) is 63.7 Å². The predicted molar refractivity (Wildman–Crippen MR) is 86.0 cm³/mol. The molecule has 1 heterocycles. The van der Waals surface area contributed by atoms with Gasteiger partial charge in [0.2, 0.25) is 11.8 Å². The lowest BCUT2D eigenvalue weighted by Gasteiger charge is -2.14. The summed E-state index contributed by atoms with van der Waals surface area (Å²) in [6, 6.07) is 7.39. The van der Waals surface area contributed by atoms with Crippen molar-refractivity contribution < 1.29 is 19.1 Å². The number of allylic oxidation sites excluding steroid dienone is 2. The van der Waals surface area contributed by atoms with Crippen molar-refractivity contribution in [1.29, 1.82) is 0 Å². The minimum absolute atomic E-state index is 0.122. The summed E-state index contributed by atoms with van der Waals surface area (Å²) in [5, 5.41) is 0. The zero-order valence-electron chi connectivity index (χ0n) is 12.4. The van der Waals surface area contributed by atoms with Crippen LogP contribution in [0.25, 0.3) is 0 Å². The van der Waals surface area contributed by atoms with E-state index in [9.17, 15) is 14.4 Å². The molecule has 0 unspecified atom stereocenters. The van der Waals surface area contributed by atoms with Gasteiger partial charge in [0.25, 0.3) is 0 Å². The molecule has 2 aliphatic rings. The number of hydrogen-bond acceptors (Lipinski definition) is 4. The SMILES string of the molecule is O=C(CN1C(=O)[C@H]2CC=CC[C@@H]2C1=O)OCc1ccc(Br)cc1. The van der Waals surface area contributed by atoms with Gasteiger partial charge in [-0.1, -0.05) is 40.2 Å². The van der Waals surface area contributed by atoms with Crippen LogP contribution in [0.2, 0.25) is 0 Å². The quantitative estimate of drug-likeness (QED) is 0.459. The average Bonchev–Trinajstić information content (AvgIpc) is 2.80. The maximum atomic E-state index is 12.3. The summed E-state index contributed by atoms with van der Waals surface area (Å²) in [6.45, 7) is -0.183. The third kappa shape index (κ3) is 3.37. The molecular weight excluding hydrogens is 362 g/mol. The average molecular weight is 378 g/mol. The number of imide groups is 1. The highest BCUT2D eigenvalue weighted by molar-refractivity contribution is 9.10. The van der Waals surface area contributed by atoms with Crippen LogP contribution in [0.1, 0.15) is 18.4 Å². The fraction of sp³-hybridized carbons (Fsp3) is 0.353. The minimum atomic E-state index is -0.568. The molecule has 0 bridgehead atoms. The normalized spacial score (nSPS) is 23.1. The van der Waals surface area contributed by atoms with E-state index in [4.69, 9.17) is 4.74 Å². The van der Waals surface area contributed by atoms with Crippen molar-refractivity contribution >= 4 is 33.7 Å². The van der Waals surface area contributed by atoms with Crippen molar-refractivity contribution in [1.82, 2.24) is 4.90 Å². The molecule has 5 nitrogen and oxygen atoms in total. The Morgan fingerprint density at radius 2 is 1.65 bits per heavy atom. The van der Waals surface area contributed by atoms with Gasteiger partial charge in [-0.3, -0.25) is 19.3 Å². The summed E-state index contributed by atoms with van der Waals surface area (Å²) in [7, 11) is 0. The van der Waals surface area contributed by atoms with Gasteiger partial charge in [0.15, 0.2) is 0 Å². The first-order valence-corrected chi connectivity index (χ1v) is 8.26. The van der Waals surface area contributed by atoms with E-state index < -0.39 is 5.97 Å². The first-order valence-electron chi connectivity index (χ1n) is 7.46. The lowest BCUT2D eigenvalue weighted by molar-refractivity contribution is -0.153. The van der Waals surface area contributed by atoms with Crippen LogP contribution in [0.15, 0.2) is 40.9 Å². The van der Waals surface area contributed by atoms with Crippen molar-refractivity contribution in [3.8, 4) is 0 Å². The van der Waals surface area contributed by atoms with Crippen molar-refractivity contribution in [2.24, 2.45) is 11.8 Å². The second-order valence-corrected chi connectivity index (χ2v) is 6.62. The van der Waals surface area contributed by atoms with Gasteiger partial charge in [0.1, 0.15) is 13.2 Å². The fourth-order valence-corrected chi connectivity index (χ4v) is 3.21. The van der Waals surface area contributed by atoms with E-state index in [1.807, 2.05) is 36.4 Å². The third-order valence-corrected chi connectivity index (χ3v) is 4.73. The van der Waals surface area contributed by atoms with E-state index in [1.54, 1.807) is 0 Å². The van der Waals surface area contributed by atoms with Gasteiger partial charge in [-0.05, 0) is 30.5 Å². The van der Waals surface area contributed by atoms with E-state index in [0.29, 0.717) is 12.8 Å². The van der Waals surface area contributed by atoms with Gasteiger partial charge < -0.3 is 4.74 Å². The Morgan fingerprint density at radius 1 is 1.09 bits per heavy atom. The van der Waals surface area contributed by atoms with E-state index in [-0.39, 0.29) is 36.8 Å². The van der Waals surface area contributed by atoms with Gasteiger partial charge in [-0.15, -0.1) is 0 Å². The molecule has 1 aliphatic carbocycles. The summed E-state index contributed by atoms with van der Waals surface area (Å²) < 4.78 is 6.11. The number of likely N-dealkylation sites (tertiary alicyclic amines) is 1. The molecule has 0 N–H and O–H groups in total. The Hall–Kier alpha value is -1.95. The number of rotatable bonds is 4. The highest BCUT2D eigenvalue weighted by Crippen LogP contribution is 2.34. The molecule has 3 rings (SSSR count).